The van der Waals surface area contributed by atoms with Crippen molar-refractivity contribution in [2.45, 2.75) is 18.6 Å². The number of ether oxygens (including phenoxy) is 1. The molecule has 2 atom stereocenters. The first-order valence-corrected chi connectivity index (χ1v) is 5.17. The highest BCUT2D eigenvalue weighted by Crippen LogP contribution is 2.20. The minimum absolute atomic E-state index is 0.0127. The maximum absolute atomic E-state index is 10.7. The van der Waals surface area contributed by atoms with Crippen LogP contribution < -0.4 is 4.74 Å². The topological polar surface area (TPSA) is 29.5 Å². The summed E-state index contributed by atoms with van der Waals surface area (Å²) in [7, 11) is 1.95. The second kappa shape index (κ2) is 4.45. The molecule has 1 saturated heterocycles. The Balaban J connectivity index is 1.95. The maximum atomic E-state index is 10.7. The molecule has 0 N–H and O–H groups in total. The molecular weight excluding hydrogens is 190 g/mol. The molecule has 3 heteroatoms. The maximum Gasteiger partial charge on any atom is 0.137 e. The van der Waals surface area contributed by atoms with Gasteiger partial charge in [0.2, 0.25) is 0 Å². The van der Waals surface area contributed by atoms with Gasteiger partial charge < -0.3 is 9.53 Å². The van der Waals surface area contributed by atoms with Crippen molar-refractivity contribution in [2.24, 2.45) is 0 Å². The van der Waals surface area contributed by atoms with Crippen molar-refractivity contribution in [3.05, 3.63) is 30.3 Å². The fraction of sp³-hybridized carbons (Fsp3) is 0.417. The fourth-order valence-electron chi connectivity index (χ4n) is 1.92. The number of para-hydroxylation sites is 1. The monoisotopic (exact) mass is 205 g/mol. The zero-order chi connectivity index (χ0) is 10.7. The van der Waals surface area contributed by atoms with Gasteiger partial charge in [0.1, 0.15) is 18.1 Å². The van der Waals surface area contributed by atoms with E-state index in [1.54, 1.807) is 0 Å². The lowest BCUT2D eigenvalue weighted by atomic mass is 10.2. The third-order valence-corrected chi connectivity index (χ3v) is 2.77. The van der Waals surface area contributed by atoms with E-state index in [0.29, 0.717) is 0 Å². The van der Waals surface area contributed by atoms with Gasteiger partial charge in [0.05, 0.1) is 6.04 Å². The van der Waals surface area contributed by atoms with Gasteiger partial charge in [-0.05, 0) is 19.2 Å². The molecule has 0 aliphatic carbocycles. The van der Waals surface area contributed by atoms with Crippen molar-refractivity contribution in [1.82, 2.24) is 4.90 Å². The normalized spacial score (nSPS) is 26.5. The second-order valence-corrected chi connectivity index (χ2v) is 3.93. The molecule has 1 aromatic rings. The molecular formula is C12H15NO2. The van der Waals surface area contributed by atoms with E-state index >= 15 is 0 Å². The van der Waals surface area contributed by atoms with Gasteiger partial charge in [-0.2, -0.15) is 0 Å². The van der Waals surface area contributed by atoms with Crippen LogP contribution in [0.1, 0.15) is 6.42 Å². The summed E-state index contributed by atoms with van der Waals surface area (Å²) >= 11 is 0. The fourth-order valence-corrected chi connectivity index (χ4v) is 1.92. The molecule has 2 rings (SSSR count). The van der Waals surface area contributed by atoms with E-state index in [1.165, 1.54) is 0 Å². The summed E-state index contributed by atoms with van der Waals surface area (Å²) in [5.41, 5.74) is 0. The number of aldehydes is 1. The Morgan fingerprint density at radius 2 is 2.13 bits per heavy atom. The molecule has 0 radical (unpaired) electrons. The van der Waals surface area contributed by atoms with Crippen LogP contribution in [-0.4, -0.2) is 36.9 Å². The van der Waals surface area contributed by atoms with Crippen LogP contribution in [0.4, 0.5) is 0 Å². The van der Waals surface area contributed by atoms with Gasteiger partial charge in [-0.15, -0.1) is 0 Å². The lowest BCUT2D eigenvalue weighted by Gasteiger charge is -2.13. The van der Waals surface area contributed by atoms with Crippen molar-refractivity contribution in [3.8, 4) is 5.75 Å². The number of benzene rings is 1. The van der Waals surface area contributed by atoms with Crippen molar-refractivity contribution in [3.63, 3.8) is 0 Å². The Bertz CT molecular complexity index is 326. The number of rotatable bonds is 3. The molecule has 0 aromatic heterocycles. The van der Waals surface area contributed by atoms with Crippen LogP contribution in [0.2, 0.25) is 0 Å². The van der Waals surface area contributed by atoms with E-state index in [9.17, 15) is 4.79 Å². The summed E-state index contributed by atoms with van der Waals surface area (Å²) in [6.07, 6.45) is 1.91. The minimum Gasteiger partial charge on any atom is -0.489 e. The molecule has 1 aromatic carbocycles. The number of hydrogen-bond donors (Lipinski definition) is 0. The van der Waals surface area contributed by atoms with Gasteiger partial charge in [0.25, 0.3) is 0 Å². The van der Waals surface area contributed by atoms with Crippen molar-refractivity contribution < 1.29 is 9.53 Å². The first-order chi connectivity index (χ1) is 7.29. The van der Waals surface area contributed by atoms with Crippen LogP contribution in [0.5, 0.6) is 5.75 Å². The highest BCUT2D eigenvalue weighted by Gasteiger charge is 2.30. The van der Waals surface area contributed by atoms with E-state index in [1.807, 2.05) is 42.3 Å². The van der Waals surface area contributed by atoms with Crippen LogP contribution in [0.25, 0.3) is 0 Å². The number of carbonyl (C=O) groups is 1. The van der Waals surface area contributed by atoms with Crippen molar-refractivity contribution in [2.75, 3.05) is 13.6 Å². The Kier molecular flexibility index (Phi) is 3.02. The van der Waals surface area contributed by atoms with Crippen LogP contribution in [-0.2, 0) is 4.79 Å². The van der Waals surface area contributed by atoms with Crippen LogP contribution in [0, 0.1) is 0 Å². The first kappa shape index (κ1) is 10.2. The largest absolute Gasteiger partial charge is 0.489 e. The third-order valence-electron chi connectivity index (χ3n) is 2.77. The molecule has 0 spiro atoms. The van der Waals surface area contributed by atoms with E-state index in [0.717, 1.165) is 25.0 Å². The summed E-state index contributed by atoms with van der Waals surface area (Å²) in [5, 5.41) is 0. The quantitative estimate of drug-likeness (QED) is 0.697. The molecule has 0 amide bonds. The van der Waals surface area contributed by atoms with Gasteiger partial charge >= 0.3 is 0 Å². The van der Waals surface area contributed by atoms with Crippen LogP contribution in [0.3, 0.4) is 0 Å². The van der Waals surface area contributed by atoms with Crippen molar-refractivity contribution in [1.29, 1.82) is 0 Å². The highest BCUT2D eigenvalue weighted by atomic mass is 16.5. The molecule has 0 saturated carbocycles. The number of carbonyl (C=O) groups excluding carboxylic acids is 1. The average molecular weight is 205 g/mol. The predicted molar refractivity (Wildman–Crippen MR) is 58.0 cm³/mol. The lowest BCUT2D eigenvalue weighted by molar-refractivity contribution is -0.111. The SMILES string of the molecule is CN1CC(Oc2ccccc2)CC1C=O. The molecule has 1 aliphatic rings. The summed E-state index contributed by atoms with van der Waals surface area (Å²) in [4.78, 5) is 12.7. The molecule has 3 nitrogen and oxygen atoms in total. The average Bonchev–Trinajstić information content (AvgIpc) is 2.60. The zero-order valence-electron chi connectivity index (χ0n) is 8.80. The minimum atomic E-state index is 0.0127. The second-order valence-electron chi connectivity index (χ2n) is 3.93. The number of likely N-dealkylation sites (tertiary alicyclic amines) is 1. The van der Waals surface area contributed by atoms with Gasteiger partial charge in [-0.3, -0.25) is 4.90 Å². The Morgan fingerprint density at radius 3 is 2.73 bits per heavy atom. The van der Waals surface area contributed by atoms with E-state index in [4.69, 9.17) is 4.74 Å². The summed E-state index contributed by atoms with van der Waals surface area (Å²) in [6, 6.07) is 9.75. The van der Waals surface area contributed by atoms with Gasteiger partial charge in [0, 0.05) is 13.0 Å². The summed E-state index contributed by atoms with van der Waals surface area (Å²) in [6.45, 7) is 0.818. The highest BCUT2D eigenvalue weighted by molar-refractivity contribution is 5.58. The predicted octanol–water partition coefficient (Wildman–Crippen LogP) is 1.34. The van der Waals surface area contributed by atoms with E-state index in [-0.39, 0.29) is 12.1 Å². The zero-order valence-corrected chi connectivity index (χ0v) is 8.80. The molecule has 0 bridgehead atoms. The van der Waals surface area contributed by atoms with E-state index in [2.05, 4.69) is 0 Å². The molecule has 15 heavy (non-hydrogen) atoms. The molecule has 1 aliphatic heterocycles. The molecule has 2 unspecified atom stereocenters. The summed E-state index contributed by atoms with van der Waals surface area (Å²) in [5.74, 6) is 0.877. The number of hydrogen-bond acceptors (Lipinski definition) is 3. The smallest absolute Gasteiger partial charge is 0.137 e. The standard InChI is InChI=1S/C12H15NO2/c1-13-8-12(7-10(13)9-14)15-11-5-3-2-4-6-11/h2-6,9-10,12H,7-8H2,1H3. The third kappa shape index (κ3) is 2.36. The van der Waals surface area contributed by atoms with Crippen LogP contribution >= 0.6 is 0 Å². The number of likely N-dealkylation sites (N-methyl/N-ethyl adjacent to an activating group) is 1. The number of nitrogens with zero attached hydrogens (tertiary/aromatic N) is 1. The Hall–Kier alpha value is -1.35. The Labute approximate surface area is 89.7 Å². The van der Waals surface area contributed by atoms with Crippen LogP contribution in [0.15, 0.2) is 30.3 Å². The Morgan fingerprint density at radius 1 is 1.40 bits per heavy atom. The van der Waals surface area contributed by atoms with Gasteiger partial charge in [-0.1, -0.05) is 18.2 Å². The van der Waals surface area contributed by atoms with Gasteiger partial charge in [0.15, 0.2) is 0 Å². The molecule has 1 fully saturated rings. The van der Waals surface area contributed by atoms with Crippen molar-refractivity contribution >= 4 is 6.29 Å². The van der Waals surface area contributed by atoms with E-state index < -0.39 is 0 Å². The molecule has 80 valence electrons. The van der Waals surface area contributed by atoms with Gasteiger partial charge in [-0.25, -0.2) is 0 Å². The lowest BCUT2D eigenvalue weighted by Crippen LogP contribution is -2.26. The first-order valence-electron chi connectivity index (χ1n) is 5.17. The summed E-state index contributed by atoms with van der Waals surface area (Å²) < 4.78 is 5.78. The molecule has 1 heterocycles.